The maximum Gasteiger partial charge on any atom is 0.257 e. The molecular formula is C34H26N8O4S3. The number of nitrogens with zero attached hydrogens (tertiary/aromatic N) is 8. The molecule has 4 aromatic carbocycles. The van der Waals surface area contributed by atoms with Gasteiger partial charge in [-0.25, -0.2) is 27.7 Å². The van der Waals surface area contributed by atoms with Gasteiger partial charge in [-0.2, -0.15) is 0 Å². The van der Waals surface area contributed by atoms with Gasteiger partial charge in [0.25, 0.3) is 10.4 Å². The van der Waals surface area contributed by atoms with Crippen LogP contribution in [0.5, 0.6) is 0 Å². The summed E-state index contributed by atoms with van der Waals surface area (Å²) in [7, 11) is -3.70. The number of fused-ring (bicyclic) bond motifs is 2. The Hall–Kier alpha value is -5.25. The van der Waals surface area contributed by atoms with E-state index in [1.807, 2.05) is 60.9 Å². The van der Waals surface area contributed by atoms with Crippen molar-refractivity contribution < 1.29 is 17.3 Å². The molecule has 0 unspecified atom stereocenters. The molecule has 0 fully saturated rings. The van der Waals surface area contributed by atoms with Crippen molar-refractivity contribution in [2.45, 2.75) is 44.8 Å². The molecule has 244 valence electrons. The van der Waals surface area contributed by atoms with Crippen LogP contribution in [-0.2, 0) is 34.4 Å². The second-order valence-corrected chi connectivity index (χ2v) is 14.9. The molecule has 4 aromatic heterocycles. The second-order valence-electron chi connectivity index (χ2n) is 11.1. The van der Waals surface area contributed by atoms with E-state index in [-0.39, 0.29) is 9.79 Å². The smallest absolute Gasteiger partial charge is 0.257 e. The summed E-state index contributed by atoms with van der Waals surface area (Å²) in [6.07, 6.45) is 3.72. The third-order valence-electron chi connectivity index (χ3n) is 7.56. The molecular weight excluding hydrogens is 681 g/mol. The van der Waals surface area contributed by atoms with Crippen molar-refractivity contribution in [2.24, 2.45) is 0 Å². The number of sulfone groups is 1. The summed E-state index contributed by atoms with van der Waals surface area (Å²) in [5, 5.41) is 18.1. The Morgan fingerprint density at radius 2 is 1.00 bits per heavy atom. The lowest BCUT2D eigenvalue weighted by molar-refractivity contribution is 0.489. The summed E-state index contributed by atoms with van der Waals surface area (Å²) >= 11 is 2.90. The van der Waals surface area contributed by atoms with Crippen LogP contribution in [0.1, 0.15) is 22.5 Å². The first kappa shape index (κ1) is 31.0. The van der Waals surface area contributed by atoms with Crippen molar-refractivity contribution in [3.05, 3.63) is 132 Å². The highest BCUT2D eigenvalue weighted by Gasteiger charge is 2.18. The standard InChI is InChI=1S/C34H26N8O4S3/c43-49(44,27-13-9-23(10-14-27)17-41-19-25(37-39-41)21-47-33-35-29-5-1-3-7-31(29)45-33)28-15-11-24(12-16-28)18-42-20-26(38-40-42)22-48-34-36-30-6-2-4-8-32(30)46-34/h1-16,19-20H,17-18,21-22H2. The lowest BCUT2D eigenvalue weighted by Crippen LogP contribution is -2.05. The largest absolute Gasteiger partial charge is 0.431 e. The number of oxazole rings is 2. The lowest BCUT2D eigenvalue weighted by Gasteiger charge is -2.08. The fourth-order valence-corrected chi connectivity index (χ4v) is 7.81. The molecule has 8 aromatic rings. The predicted octanol–water partition coefficient (Wildman–Crippen LogP) is 6.67. The maximum atomic E-state index is 13.4. The first-order valence-electron chi connectivity index (χ1n) is 15.1. The van der Waals surface area contributed by atoms with E-state index < -0.39 is 9.84 Å². The summed E-state index contributed by atoms with van der Waals surface area (Å²) in [5.74, 6) is 1.12. The maximum absolute atomic E-state index is 13.4. The minimum atomic E-state index is -3.70. The predicted molar refractivity (Wildman–Crippen MR) is 184 cm³/mol. The van der Waals surface area contributed by atoms with Crippen molar-refractivity contribution in [1.29, 1.82) is 0 Å². The van der Waals surface area contributed by atoms with E-state index >= 15 is 0 Å². The molecule has 0 saturated carbocycles. The third kappa shape index (κ3) is 6.99. The molecule has 0 bridgehead atoms. The third-order valence-corrected chi connectivity index (χ3v) is 11.1. The monoisotopic (exact) mass is 706 g/mol. The zero-order valence-corrected chi connectivity index (χ0v) is 28.1. The average molecular weight is 707 g/mol. The van der Waals surface area contributed by atoms with Gasteiger partial charge < -0.3 is 8.83 Å². The molecule has 0 atom stereocenters. The number of benzene rings is 4. The van der Waals surface area contributed by atoms with Crippen LogP contribution in [0, 0.1) is 0 Å². The Balaban J connectivity index is 0.849. The Morgan fingerprint density at radius 3 is 1.43 bits per heavy atom. The molecule has 0 saturated heterocycles. The second kappa shape index (κ2) is 13.3. The van der Waals surface area contributed by atoms with Crippen molar-refractivity contribution in [3.63, 3.8) is 0 Å². The highest BCUT2D eigenvalue weighted by molar-refractivity contribution is 7.98. The zero-order valence-electron chi connectivity index (χ0n) is 25.7. The molecule has 49 heavy (non-hydrogen) atoms. The highest BCUT2D eigenvalue weighted by Crippen LogP contribution is 2.27. The molecule has 8 rings (SSSR count). The quantitative estimate of drug-likeness (QED) is 0.125. The van der Waals surface area contributed by atoms with E-state index in [9.17, 15) is 8.42 Å². The van der Waals surface area contributed by atoms with Crippen LogP contribution in [0.15, 0.2) is 139 Å². The van der Waals surface area contributed by atoms with Crippen LogP contribution in [0.4, 0.5) is 0 Å². The number of hydrogen-bond acceptors (Lipinski definition) is 12. The summed E-state index contributed by atoms with van der Waals surface area (Å²) in [6.45, 7) is 0.907. The van der Waals surface area contributed by atoms with E-state index in [1.165, 1.54) is 23.5 Å². The summed E-state index contributed by atoms with van der Waals surface area (Å²) in [6, 6.07) is 28.9. The van der Waals surface area contributed by atoms with Gasteiger partial charge in [0.15, 0.2) is 11.2 Å². The number of aromatic nitrogens is 8. The number of thioether (sulfide) groups is 2. The van der Waals surface area contributed by atoms with E-state index in [0.717, 1.165) is 44.7 Å². The zero-order chi connectivity index (χ0) is 33.2. The molecule has 0 aliphatic carbocycles. The van der Waals surface area contributed by atoms with Crippen LogP contribution >= 0.6 is 23.5 Å². The molecule has 4 heterocycles. The minimum Gasteiger partial charge on any atom is -0.431 e. The van der Waals surface area contributed by atoms with E-state index in [4.69, 9.17) is 8.83 Å². The summed E-state index contributed by atoms with van der Waals surface area (Å²) in [4.78, 5) is 9.39. The van der Waals surface area contributed by atoms with Crippen LogP contribution in [-0.4, -0.2) is 48.4 Å². The molecule has 15 heteroatoms. The first-order valence-corrected chi connectivity index (χ1v) is 18.6. The molecule has 0 amide bonds. The fourth-order valence-electron chi connectivity index (χ4n) is 5.12. The molecule has 12 nitrogen and oxygen atoms in total. The van der Waals surface area contributed by atoms with Gasteiger partial charge in [-0.15, -0.1) is 10.2 Å². The number of rotatable bonds is 12. The van der Waals surface area contributed by atoms with Crippen molar-refractivity contribution >= 4 is 55.6 Å². The fraction of sp³-hybridized carbons (Fsp3) is 0.118. The summed E-state index contributed by atoms with van der Waals surface area (Å²) in [5.41, 5.74) is 6.51. The van der Waals surface area contributed by atoms with E-state index in [1.54, 1.807) is 57.9 Å². The van der Waals surface area contributed by atoms with Gasteiger partial charge in [0.1, 0.15) is 11.0 Å². The van der Waals surface area contributed by atoms with Crippen LogP contribution < -0.4 is 0 Å². The number of hydrogen-bond donors (Lipinski definition) is 0. The molecule has 0 N–H and O–H groups in total. The highest BCUT2D eigenvalue weighted by atomic mass is 32.2. The van der Waals surface area contributed by atoms with Gasteiger partial charge in [0.05, 0.1) is 34.3 Å². The van der Waals surface area contributed by atoms with E-state index in [0.29, 0.717) is 35.0 Å². The Kier molecular flexibility index (Phi) is 8.45. The molecule has 0 aliphatic rings. The SMILES string of the molecule is O=S(=O)(c1ccc(Cn2cc(CSc3nc4ccccc4o3)nn2)cc1)c1ccc(Cn2cc(CSc3nc4ccccc4o3)nn2)cc1. The normalized spacial score (nSPS) is 11.9. The van der Waals surface area contributed by atoms with Crippen molar-refractivity contribution in [3.8, 4) is 0 Å². The minimum absolute atomic E-state index is 0.218. The van der Waals surface area contributed by atoms with Crippen LogP contribution in [0.25, 0.3) is 22.2 Å². The van der Waals surface area contributed by atoms with Gasteiger partial charge in [-0.3, -0.25) is 0 Å². The molecule has 0 spiro atoms. The van der Waals surface area contributed by atoms with Gasteiger partial charge in [-0.05, 0) is 59.7 Å². The van der Waals surface area contributed by atoms with Gasteiger partial charge >= 0.3 is 0 Å². The molecule has 0 radical (unpaired) electrons. The number of para-hydroxylation sites is 4. The van der Waals surface area contributed by atoms with Crippen LogP contribution in [0.2, 0.25) is 0 Å². The average Bonchev–Trinajstić information content (AvgIpc) is 3.93. The first-order chi connectivity index (χ1) is 23.9. The topological polar surface area (TPSA) is 148 Å². The van der Waals surface area contributed by atoms with Crippen LogP contribution in [0.3, 0.4) is 0 Å². The lowest BCUT2D eigenvalue weighted by atomic mass is 10.2. The summed E-state index contributed by atoms with van der Waals surface area (Å²) < 4.78 is 41.7. The van der Waals surface area contributed by atoms with Gasteiger partial charge in [0.2, 0.25) is 9.84 Å². The molecule has 0 aliphatic heterocycles. The Morgan fingerprint density at radius 1 is 0.571 bits per heavy atom. The van der Waals surface area contributed by atoms with Gasteiger partial charge in [-0.1, -0.05) is 82.5 Å². The van der Waals surface area contributed by atoms with Gasteiger partial charge in [0, 0.05) is 23.9 Å². The van der Waals surface area contributed by atoms with Crippen molar-refractivity contribution in [1.82, 2.24) is 40.0 Å². The Labute approximate surface area is 288 Å². The Bertz CT molecular complexity index is 2250. The van der Waals surface area contributed by atoms with Crippen molar-refractivity contribution in [2.75, 3.05) is 0 Å². The van der Waals surface area contributed by atoms with E-state index in [2.05, 4.69) is 30.6 Å².